The molecule has 11 heteroatoms. The van der Waals surface area contributed by atoms with Gasteiger partial charge in [0.25, 0.3) is 0 Å². The maximum absolute atomic E-state index is 15.0. The number of aromatic nitrogens is 2. The molecule has 1 aromatic carbocycles. The second-order valence-corrected chi connectivity index (χ2v) is 13.2. The molecule has 3 N–H and O–H groups in total. The minimum Gasteiger partial charge on any atom is -0.453 e. The quantitative estimate of drug-likeness (QED) is 0.161. The molecule has 1 fully saturated rings. The number of nitrogens with one attached hydrogen (secondary N) is 1. The standard InChI is InChI=1S/C35H40FN5O4S/c1-4-13-41(35(44)33(21(2)3)40-32(43)18-37)20-24-7-9-27(39-19-24)31-17-28-34(46-31)30(11-12-38-28)45-29-10-8-23(16-26(29)36)15-25(42)14-22-5-6-22/h7-12,16-17,19,21-22,33H,4-6,13-15,18,20,37H2,1-3H3,(H,40,43)/t33-/m0/s1. The number of ketones is 1. The molecule has 2 amide bonds. The Bertz CT molecular complexity index is 1700. The molecule has 4 aromatic rings. The topological polar surface area (TPSA) is 128 Å². The summed E-state index contributed by atoms with van der Waals surface area (Å²) in [7, 11) is 0. The Morgan fingerprint density at radius 2 is 1.87 bits per heavy atom. The zero-order valence-electron chi connectivity index (χ0n) is 26.4. The Balaban J connectivity index is 1.29. The van der Waals surface area contributed by atoms with Gasteiger partial charge in [0, 0.05) is 44.4 Å². The van der Waals surface area contributed by atoms with Gasteiger partial charge in [-0.05, 0) is 66.5 Å². The number of hydrogen-bond donors (Lipinski definition) is 2. The molecule has 1 atom stereocenters. The van der Waals surface area contributed by atoms with Crippen LogP contribution in [0.4, 0.5) is 4.39 Å². The number of nitrogens with zero attached hydrogens (tertiary/aromatic N) is 3. The lowest BCUT2D eigenvalue weighted by atomic mass is 10.0. The molecule has 46 heavy (non-hydrogen) atoms. The molecule has 9 nitrogen and oxygen atoms in total. The molecule has 1 aliphatic rings. The van der Waals surface area contributed by atoms with Crippen molar-refractivity contribution < 1.29 is 23.5 Å². The number of rotatable bonds is 15. The number of pyridine rings is 2. The van der Waals surface area contributed by atoms with Gasteiger partial charge in [0.1, 0.15) is 17.6 Å². The first kappa shape index (κ1) is 33.2. The summed E-state index contributed by atoms with van der Waals surface area (Å²) in [5, 5.41) is 2.75. The summed E-state index contributed by atoms with van der Waals surface area (Å²) in [6, 6.07) is 11.5. The molecular weight excluding hydrogens is 605 g/mol. The summed E-state index contributed by atoms with van der Waals surface area (Å²) in [6.07, 6.45) is 7.14. The third-order valence-corrected chi connectivity index (χ3v) is 9.06. The minimum absolute atomic E-state index is 0.0804. The summed E-state index contributed by atoms with van der Waals surface area (Å²) in [5.74, 6) is 0.0652. The number of halogens is 1. The van der Waals surface area contributed by atoms with Gasteiger partial charge in [0.05, 0.1) is 27.3 Å². The van der Waals surface area contributed by atoms with Crippen LogP contribution >= 0.6 is 11.3 Å². The Morgan fingerprint density at radius 1 is 1.09 bits per heavy atom. The second-order valence-electron chi connectivity index (χ2n) is 12.2. The number of nitrogens with two attached hydrogens (primary N) is 1. The van der Waals surface area contributed by atoms with E-state index in [1.807, 2.05) is 39.0 Å². The Morgan fingerprint density at radius 3 is 2.52 bits per heavy atom. The molecule has 0 unspecified atom stereocenters. The van der Waals surface area contributed by atoms with Crippen molar-refractivity contribution in [2.75, 3.05) is 13.1 Å². The largest absolute Gasteiger partial charge is 0.453 e. The van der Waals surface area contributed by atoms with E-state index in [2.05, 4.69) is 15.3 Å². The van der Waals surface area contributed by atoms with E-state index in [-0.39, 0.29) is 42.2 Å². The lowest BCUT2D eigenvalue weighted by Crippen LogP contribution is -2.52. The Labute approximate surface area is 272 Å². The van der Waals surface area contributed by atoms with Crippen LogP contribution in [0.15, 0.2) is 54.9 Å². The van der Waals surface area contributed by atoms with Gasteiger partial charge in [-0.15, -0.1) is 11.3 Å². The number of carbonyl (C=O) groups is 3. The molecule has 3 aromatic heterocycles. The van der Waals surface area contributed by atoms with E-state index >= 15 is 4.39 Å². The van der Waals surface area contributed by atoms with Crippen molar-refractivity contribution in [3.63, 3.8) is 0 Å². The molecule has 0 aliphatic heterocycles. The fourth-order valence-corrected chi connectivity index (χ4v) is 6.33. The zero-order chi connectivity index (χ0) is 32.8. The van der Waals surface area contributed by atoms with E-state index in [4.69, 9.17) is 10.5 Å². The second kappa shape index (κ2) is 14.9. The number of benzene rings is 1. The van der Waals surface area contributed by atoms with Crippen molar-refractivity contribution in [1.29, 1.82) is 0 Å². The predicted octanol–water partition coefficient (Wildman–Crippen LogP) is 6.04. The molecule has 0 saturated heterocycles. The van der Waals surface area contributed by atoms with Crippen LogP contribution in [0.5, 0.6) is 11.5 Å². The van der Waals surface area contributed by atoms with Crippen molar-refractivity contribution in [1.82, 2.24) is 20.2 Å². The van der Waals surface area contributed by atoms with Crippen molar-refractivity contribution in [3.05, 3.63) is 71.8 Å². The number of carbonyl (C=O) groups excluding carboxylic acids is 3. The van der Waals surface area contributed by atoms with E-state index in [0.29, 0.717) is 42.3 Å². The average Bonchev–Trinajstić information content (AvgIpc) is 3.74. The molecule has 0 spiro atoms. The van der Waals surface area contributed by atoms with Gasteiger partial charge in [-0.2, -0.15) is 0 Å². The highest BCUT2D eigenvalue weighted by Gasteiger charge is 2.28. The monoisotopic (exact) mass is 645 g/mol. The van der Waals surface area contributed by atoms with Gasteiger partial charge in [-0.3, -0.25) is 24.4 Å². The number of thiophene rings is 1. The molecular formula is C35H40FN5O4S. The number of hydrogen-bond acceptors (Lipinski definition) is 8. The maximum Gasteiger partial charge on any atom is 0.245 e. The summed E-state index contributed by atoms with van der Waals surface area (Å²) in [5.41, 5.74) is 8.39. The summed E-state index contributed by atoms with van der Waals surface area (Å²) < 4.78 is 21.8. The fraction of sp³-hybridized carbons (Fsp3) is 0.400. The third kappa shape index (κ3) is 8.32. The lowest BCUT2D eigenvalue weighted by Gasteiger charge is -2.29. The van der Waals surface area contributed by atoms with E-state index in [1.165, 1.54) is 17.4 Å². The first-order chi connectivity index (χ1) is 22.1. The van der Waals surface area contributed by atoms with Gasteiger partial charge in [0.15, 0.2) is 11.6 Å². The Kier molecular flexibility index (Phi) is 10.7. The van der Waals surface area contributed by atoms with Crippen molar-refractivity contribution in [3.8, 4) is 22.1 Å². The molecule has 0 radical (unpaired) electrons. The highest BCUT2D eigenvalue weighted by atomic mass is 32.1. The van der Waals surface area contributed by atoms with Crippen molar-refractivity contribution in [2.45, 2.75) is 65.5 Å². The average molecular weight is 646 g/mol. The maximum atomic E-state index is 15.0. The molecule has 5 rings (SSSR count). The minimum atomic E-state index is -0.662. The van der Waals surface area contributed by atoms with Crippen LogP contribution in [0, 0.1) is 17.7 Å². The van der Waals surface area contributed by atoms with Crippen molar-refractivity contribution >= 4 is 39.2 Å². The molecule has 3 heterocycles. The molecule has 0 bridgehead atoms. The number of fused-ring (bicyclic) bond motifs is 1. The lowest BCUT2D eigenvalue weighted by molar-refractivity contribution is -0.138. The van der Waals surface area contributed by atoms with Gasteiger partial charge >= 0.3 is 0 Å². The van der Waals surface area contributed by atoms with Crippen molar-refractivity contribution in [2.24, 2.45) is 17.6 Å². The SMILES string of the molecule is CCCN(Cc1ccc(-c2cc3nccc(Oc4ccc(CC(=O)CC5CC5)cc4F)c3s2)nc1)C(=O)[C@@H](NC(=O)CN)C(C)C. The smallest absolute Gasteiger partial charge is 0.245 e. The van der Waals surface area contributed by atoms with Gasteiger partial charge in [0.2, 0.25) is 11.8 Å². The van der Waals surface area contributed by atoms with E-state index in [9.17, 15) is 14.4 Å². The third-order valence-electron chi connectivity index (χ3n) is 7.90. The summed E-state index contributed by atoms with van der Waals surface area (Å²) in [6.45, 7) is 6.50. The first-order valence-electron chi connectivity index (χ1n) is 15.7. The number of ether oxygens (including phenoxy) is 1. The van der Waals surface area contributed by atoms with Crippen LogP contribution in [-0.4, -0.2) is 51.6 Å². The highest BCUT2D eigenvalue weighted by molar-refractivity contribution is 7.22. The van der Waals surface area contributed by atoms with Gasteiger partial charge in [-0.25, -0.2) is 4.39 Å². The van der Waals surface area contributed by atoms with Crippen LogP contribution in [0.2, 0.25) is 0 Å². The van der Waals surface area contributed by atoms with Gasteiger partial charge < -0.3 is 20.7 Å². The number of Topliss-reactive ketones (excluding diaryl/α,β-unsaturated/α-hetero) is 1. The van der Waals surface area contributed by atoms with Crippen LogP contribution in [-0.2, 0) is 27.3 Å². The predicted molar refractivity (Wildman–Crippen MR) is 177 cm³/mol. The molecule has 1 saturated carbocycles. The Hall–Kier alpha value is -4.22. The van der Waals surface area contributed by atoms with Gasteiger partial charge in [-0.1, -0.05) is 32.9 Å². The van der Waals surface area contributed by atoms with Crippen LogP contribution in [0.1, 0.15) is 57.6 Å². The van der Waals surface area contributed by atoms with E-state index in [1.54, 1.807) is 35.5 Å². The highest BCUT2D eigenvalue weighted by Crippen LogP contribution is 2.39. The van der Waals surface area contributed by atoms with E-state index in [0.717, 1.165) is 40.1 Å². The molecule has 1 aliphatic carbocycles. The number of amides is 2. The zero-order valence-corrected chi connectivity index (χ0v) is 27.2. The van der Waals surface area contributed by atoms with Crippen LogP contribution in [0.3, 0.4) is 0 Å². The summed E-state index contributed by atoms with van der Waals surface area (Å²) >= 11 is 1.44. The van der Waals surface area contributed by atoms with Crippen LogP contribution in [0.25, 0.3) is 20.8 Å². The normalized spacial score (nSPS) is 13.5. The first-order valence-corrected chi connectivity index (χ1v) is 16.6. The van der Waals surface area contributed by atoms with E-state index < -0.39 is 11.9 Å². The molecule has 242 valence electrons. The summed E-state index contributed by atoms with van der Waals surface area (Å²) in [4.78, 5) is 49.3. The van der Waals surface area contributed by atoms with Crippen LogP contribution < -0.4 is 15.8 Å². The fourth-order valence-electron chi connectivity index (χ4n) is 5.28.